The number of nitrogens with one attached hydrogen (secondary N) is 1. The monoisotopic (exact) mass is 341 g/mol. The van der Waals surface area contributed by atoms with Gasteiger partial charge in [0.05, 0.1) is 0 Å². The second-order valence-corrected chi connectivity index (χ2v) is 4.80. The van der Waals surface area contributed by atoms with Crippen molar-refractivity contribution >= 4 is 24.0 Å². The topological polar surface area (TPSA) is 107 Å². The minimum absolute atomic E-state index is 0.145. The molecule has 0 saturated heterocycles. The van der Waals surface area contributed by atoms with Crippen molar-refractivity contribution in [3.63, 3.8) is 0 Å². The van der Waals surface area contributed by atoms with Crippen molar-refractivity contribution in [3.8, 4) is 11.5 Å². The van der Waals surface area contributed by atoms with Gasteiger partial charge in [0.25, 0.3) is 0 Å². The molecule has 0 atom stereocenters. The molecular weight excluding hydrogens is 322 g/mol. The van der Waals surface area contributed by atoms with Gasteiger partial charge in [-0.3, -0.25) is 4.79 Å². The van der Waals surface area contributed by atoms with Crippen LogP contribution in [0.4, 0.5) is 0 Å². The van der Waals surface area contributed by atoms with Gasteiger partial charge in [0.2, 0.25) is 5.91 Å². The summed E-state index contributed by atoms with van der Waals surface area (Å²) in [7, 11) is 1.57. The van der Waals surface area contributed by atoms with Gasteiger partial charge < -0.3 is 20.6 Å². The lowest BCUT2D eigenvalue weighted by Gasteiger charge is -1.93. The summed E-state index contributed by atoms with van der Waals surface area (Å²) in [6.45, 7) is 0. The number of carbonyl (C=O) groups is 2. The molecule has 0 aromatic heterocycles. The Morgan fingerprint density at radius 3 is 1.56 bits per heavy atom. The summed E-state index contributed by atoms with van der Waals surface area (Å²) >= 11 is 0. The Bertz CT molecular complexity index is 746. The molecule has 0 aliphatic carbocycles. The standard InChI is InChI=1S/C10H11NO2.C9H8O3/c1-11-10(13)7-4-8-2-5-9(12)6-3-8;10-8-4-1-7(2-5-8)3-6-9(11)12/h2-7,12H,1H3,(H,11,13);1-6,10H,(H,11,12)/b;6-3+. The molecule has 130 valence electrons. The number of amides is 1. The van der Waals surface area contributed by atoms with E-state index in [1.165, 1.54) is 24.3 Å². The van der Waals surface area contributed by atoms with Crippen molar-refractivity contribution in [2.75, 3.05) is 7.05 Å². The minimum Gasteiger partial charge on any atom is -0.508 e. The normalized spacial score (nSPS) is 10.3. The van der Waals surface area contributed by atoms with E-state index < -0.39 is 5.97 Å². The van der Waals surface area contributed by atoms with Crippen LogP contribution in [0, 0.1) is 0 Å². The zero-order valence-electron chi connectivity index (χ0n) is 13.6. The number of carboxylic acids is 1. The number of carbonyl (C=O) groups excluding carboxylic acids is 1. The smallest absolute Gasteiger partial charge is 0.328 e. The molecular formula is C19H19NO5. The van der Waals surface area contributed by atoms with Gasteiger partial charge in [0.15, 0.2) is 0 Å². The van der Waals surface area contributed by atoms with E-state index in [2.05, 4.69) is 5.32 Å². The molecule has 6 nitrogen and oxygen atoms in total. The van der Waals surface area contributed by atoms with Gasteiger partial charge in [-0.05, 0) is 47.5 Å². The van der Waals surface area contributed by atoms with Gasteiger partial charge in [0.1, 0.15) is 11.5 Å². The Morgan fingerprint density at radius 1 is 0.800 bits per heavy atom. The van der Waals surface area contributed by atoms with Gasteiger partial charge >= 0.3 is 5.97 Å². The highest BCUT2D eigenvalue weighted by atomic mass is 16.4. The summed E-state index contributed by atoms with van der Waals surface area (Å²) in [5.41, 5.74) is 1.62. The SMILES string of the molecule is CNC(=O)C=Cc1ccc(O)cc1.O=C(O)/C=C/c1ccc(O)cc1. The lowest BCUT2D eigenvalue weighted by atomic mass is 10.2. The molecule has 2 aromatic carbocycles. The van der Waals surface area contributed by atoms with Crippen molar-refractivity contribution in [3.05, 3.63) is 71.8 Å². The third-order valence-electron chi connectivity index (χ3n) is 2.88. The first-order valence-electron chi connectivity index (χ1n) is 7.29. The summed E-state index contributed by atoms with van der Waals surface area (Å²) in [6, 6.07) is 12.9. The highest BCUT2D eigenvalue weighted by Gasteiger charge is 1.91. The van der Waals surface area contributed by atoms with Crippen LogP contribution in [0.3, 0.4) is 0 Å². The van der Waals surface area contributed by atoms with Gasteiger partial charge in [-0.25, -0.2) is 4.79 Å². The number of carboxylic acid groups (broad SMARTS) is 1. The maximum atomic E-state index is 10.8. The molecule has 0 fully saturated rings. The second-order valence-electron chi connectivity index (χ2n) is 4.80. The predicted molar refractivity (Wildman–Crippen MR) is 96.0 cm³/mol. The maximum absolute atomic E-state index is 10.8. The molecule has 6 heteroatoms. The fourth-order valence-electron chi connectivity index (χ4n) is 1.59. The van der Waals surface area contributed by atoms with E-state index in [9.17, 15) is 9.59 Å². The third-order valence-corrected chi connectivity index (χ3v) is 2.88. The van der Waals surface area contributed by atoms with E-state index in [4.69, 9.17) is 15.3 Å². The highest BCUT2D eigenvalue weighted by Crippen LogP contribution is 2.11. The van der Waals surface area contributed by atoms with Crippen LogP contribution >= 0.6 is 0 Å². The lowest BCUT2D eigenvalue weighted by molar-refractivity contribution is -0.131. The van der Waals surface area contributed by atoms with E-state index in [0.717, 1.165) is 17.2 Å². The average Bonchev–Trinajstić information content (AvgIpc) is 2.61. The molecule has 0 aliphatic rings. The van der Waals surface area contributed by atoms with Gasteiger partial charge in [0, 0.05) is 19.2 Å². The van der Waals surface area contributed by atoms with E-state index >= 15 is 0 Å². The van der Waals surface area contributed by atoms with Crippen molar-refractivity contribution in [1.82, 2.24) is 5.32 Å². The number of rotatable bonds is 4. The molecule has 0 bridgehead atoms. The Hall–Kier alpha value is -3.54. The molecule has 0 radical (unpaired) electrons. The Kier molecular flexibility index (Phi) is 8.02. The zero-order valence-corrected chi connectivity index (χ0v) is 13.6. The van der Waals surface area contributed by atoms with E-state index in [1.54, 1.807) is 49.5 Å². The molecule has 2 rings (SSSR count). The van der Waals surface area contributed by atoms with Crippen LogP contribution in [0.5, 0.6) is 11.5 Å². The fourth-order valence-corrected chi connectivity index (χ4v) is 1.59. The van der Waals surface area contributed by atoms with E-state index in [-0.39, 0.29) is 17.4 Å². The predicted octanol–water partition coefficient (Wildman–Crippen LogP) is 2.64. The summed E-state index contributed by atoms with van der Waals surface area (Å²) in [5, 5.41) is 28.6. The van der Waals surface area contributed by atoms with Crippen LogP contribution in [0.25, 0.3) is 12.2 Å². The summed E-state index contributed by atoms with van der Waals surface area (Å²) < 4.78 is 0. The minimum atomic E-state index is -0.983. The van der Waals surface area contributed by atoms with E-state index in [0.29, 0.717) is 0 Å². The molecule has 4 N–H and O–H groups in total. The fraction of sp³-hybridized carbons (Fsp3) is 0.0526. The number of benzene rings is 2. The van der Waals surface area contributed by atoms with Gasteiger partial charge in [-0.15, -0.1) is 0 Å². The van der Waals surface area contributed by atoms with Crippen LogP contribution < -0.4 is 5.32 Å². The van der Waals surface area contributed by atoms with Crippen LogP contribution in [-0.4, -0.2) is 34.2 Å². The van der Waals surface area contributed by atoms with Gasteiger partial charge in [-0.1, -0.05) is 24.3 Å². The first kappa shape index (κ1) is 19.5. The van der Waals surface area contributed by atoms with Crippen LogP contribution in [-0.2, 0) is 9.59 Å². The van der Waals surface area contributed by atoms with Crippen molar-refractivity contribution in [2.24, 2.45) is 0 Å². The molecule has 0 heterocycles. The largest absolute Gasteiger partial charge is 0.508 e. The number of hydrogen-bond donors (Lipinski definition) is 4. The molecule has 1 amide bonds. The maximum Gasteiger partial charge on any atom is 0.328 e. The lowest BCUT2D eigenvalue weighted by Crippen LogP contribution is -2.13. The third kappa shape index (κ3) is 8.61. The van der Waals surface area contributed by atoms with Crippen molar-refractivity contribution in [1.29, 1.82) is 0 Å². The molecule has 0 saturated carbocycles. The number of phenols is 2. The number of aromatic hydroxyl groups is 2. The van der Waals surface area contributed by atoms with Gasteiger partial charge in [-0.2, -0.15) is 0 Å². The number of hydrogen-bond acceptors (Lipinski definition) is 4. The van der Waals surface area contributed by atoms with Crippen LogP contribution in [0.2, 0.25) is 0 Å². The number of aliphatic carboxylic acids is 1. The molecule has 0 unspecified atom stereocenters. The Balaban J connectivity index is 0.000000251. The Labute approximate surface area is 145 Å². The quantitative estimate of drug-likeness (QED) is 0.640. The van der Waals surface area contributed by atoms with Crippen LogP contribution in [0.15, 0.2) is 60.7 Å². The molecule has 25 heavy (non-hydrogen) atoms. The second kappa shape index (κ2) is 10.3. The van der Waals surface area contributed by atoms with Crippen molar-refractivity contribution in [2.45, 2.75) is 0 Å². The summed E-state index contributed by atoms with van der Waals surface area (Å²) in [4.78, 5) is 20.9. The highest BCUT2D eigenvalue weighted by molar-refractivity contribution is 5.91. The van der Waals surface area contributed by atoms with E-state index in [1.807, 2.05) is 0 Å². The Morgan fingerprint density at radius 2 is 1.20 bits per heavy atom. The summed E-state index contributed by atoms with van der Waals surface area (Å²) in [6.07, 6.45) is 5.62. The molecule has 0 aliphatic heterocycles. The zero-order chi connectivity index (χ0) is 18.7. The molecule has 2 aromatic rings. The summed E-state index contributed by atoms with van der Waals surface area (Å²) in [5.74, 6) is -0.740. The van der Waals surface area contributed by atoms with Crippen LogP contribution in [0.1, 0.15) is 11.1 Å². The first-order valence-corrected chi connectivity index (χ1v) is 7.29. The molecule has 0 spiro atoms. The number of phenolic OH excluding ortho intramolecular Hbond substituents is 2. The first-order chi connectivity index (χ1) is 11.9. The average molecular weight is 341 g/mol. The van der Waals surface area contributed by atoms with Crippen molar-refractivity contribution < 1.29 is 24.9 Å². The number of likely N-dealkylation sites (N-methyl/N-ethyl adjacent to an activating group) is 1.